The maximum absolute atomic E-state index is 13.2. The lowest BCUT2D eigenvalue weighted by Gasteiger charge is -2.42. The van der Waals surface area contributed by atoms with E-state index < -0.39 is 12.1 Å². The molecule has 2 atom stereocenters. The number of rotatable bonds is 4. The number of carboxylic acid groups (broad SMARTS) is 1. The van der Waals surface area contributed by atoms with Crippen LogP contribution in [0, 0.1) is 11.8 Å². The van der Waals surface area contributed by atoms with Crippen LogP contribution < -0.4 is 10.1 Å². The Balaban J connectivity index is 0.000000431. The van der Waals surface area contributed by atoms with Crippen LogP contribution in [0.5, 0.6) is 5.75 Å². The van der Waals surface area contributed by atoms with Crippen molar-refractivity contribution < 1.29 is 41.8 Å². The molecule has 2 amide bonds. The van der Waals surface area contributed by atoms with E-state index in [1.807, 2.05) is 29.2 Å². The second kappa shape index (κ2) is 11.1. The van der Waals surface area contributed by atoms with E-state index in [2.05, 4.69) is 34.5 Å². The van der Waals surface area contributed by atoms with E-state index in [9.17, 15) is 22.8 Å². The van der Waals surface area contributed by atoms with Gasteiger partial charge in [0.25, 0.3) is 5.91 Å². The van der Waals surface area contributed by atoms with Gasteiger partial charge >= 0.3 is 12.1 Å². The van der Waals surface area contributed by atoms with Crippen LogP contribution in [0.2, 0.25) is 0 Å². The minimum Gasteiger partial charge on any atom is -0.493 e. The number of para-hydroxylation sites is 1. The van der Waals surface area contributed by atoms with Crippen molar-refractivity contribution >= 4 is 28.8 Å². The SMILES string of the molecule is COc1cccc2cc(C(=O)N3CCC4(CC3)NC(=O)[C@@H]3CN(Cc5ccccc5)C[C@@H]34)oc12.O=C(O)C(F)(F)F. The standard InChI is InChI=1S/C27H29N3O4.C2HF3O2/c1-33-22-9-5-8-19-14-23(34-24(19)22)26(32)30-12-10-27(11-13-30)21-17-29(16-20(21)25(31)28-27)15-18-6-3-2-4-7-18;3-2(4,5)1(6)7/h2-9,14,20-21H,10-13,15-17H2,1H3,(H,28,31);(H,6,7)/t20-,21+;/m1./s1. The van der Waals surface area contributed by atoms with E-state index in [-0.39, 0.29) is 29.2 Å². The lowest BCUT2D eigenvalue weighted by atomic mass is 9.75. The number of ether oxygens (including phenoxy) is 1. The summed E-state index contributed by atoms with van der Waals surface area (Å²) in [5.41, 5.74) is 1.65. The van der Waals surface area contributed by atoms with Gasteiger partial charge in [-0.1, -0.05) is 42.5 Å². The smallest absolute Gasteiger partial charge is 0.490 e. The van der Waals surface area contributed by atoms with E-state index in [4.69, 9.17) is 19.1 Å². The molecule has 0 bridgehead atoms. The first kappa shape index (κ1) is 28.5. The topological polar surface area (TPSA) is 112 Å². The third-order valence-corrected chi connectivity index (χ3v) is 8.19. The van der Waals surface area contributed by atoms with Crippen molar-refractivity contribution in [2.24, 2.45) is 11.8 Å². The molecule has 218 valence electrons. The molecule has 4 heterocycles. The highest BCUT2D eigenvalue weighted by Gasteiger charge is 2.57. The zero-order chi connectivity index (χ0) is 29.4. The van der Waals surface area contributed by atoms with Crippen LogP contribution in [0.15, 0.2) is 59.0 Å². The molecule has 2 N–H and O–H groups in total. The van der Waals surface area contributed by atoms with Crippen LogP contribution in [-0.2, 0) is 16.1 Å². The number of nitrogens with one attached hydrogen (secondary N) is 1. The van der Waals surface area contributed by atoms with Crippen LogP contribution >= 0.6 is 0 Å². The van der Waals surface area contributed by atoms with E-state index >= 15 is 0 Å². The molecule has 12 heteroatoms. The van der Waals surface area contributed by atoms with Crippen molar-refractivity contribution in [2.75, 3.05) is 33.3 Å². The molecule has 9 nitrogen and oxygen atoms in total. The largest absolute Gasteiger partial charge is 0.493 e. The normalized spacial score (nSPS) is 21.8. The zero-order valence-electron chi connectivity index (χ0n) is 22.3. The summed E-state index contributed by atoms with van der Waals surface area (Å²) < 4.78 is 43.0. The van der Waals surface area contributed by atoms with Crippen LogP contribution in [-0.4, -0.2) is 77.7 Å². The van der Waals surface area contributed by atoms with Gasteiger partial charge in [-0.15, -0.1) is 0 Å². The Kier molecular flexibility index (Phi) is 7.69. The Labute approximate surface area is 233 Å². The van der Waals surface area contributed by atoms with Gasteiger partial charge in [-0.05, 0) is 30.5 Å². The number of halogens is 3. The summed E-state index contributed by atoms with van der Waals surface area (Å²) in [6, 6.07) is 17.8. The van der Waals surface area contributed by atoms with Gasteiger partial charge in [0, 0.05) is 49.6 Å². The molecule has 0 unspecified atom stereocenters. The number of carboxylic acids is 1. The monoisotopic (exact) mass is 573 g/mol. The third kappa shape index (κ3) is 5.74. The molecule has 3 aliphatic heterocycles. The molecule has 3 aliphatic rings. The maximum atomic E-state index is 13.2. The fourth-order valence-corrected chi connectivity index (χ4v) is 6.18. The Hall–Kier alpha value is -4.06. The van der Waals surface area contributed by atoms with E-state index in [1.165, 1.54) is 5.56 Å². The lowest BCUT2D eigenvalue weighted by Crippen LogP contribution is -2.56. The van der Waals surface area contributed by atoms with Gasteiger partial charge in [0.15, 0.2) is 17.1 Å². The van der Waals surface area contributed by atoms with Gasteiger partial charge in [0.05, 0.1) is 13.0 Å². The summed E-state index contributed by atoms with van der Waals surface area (Å²) in [4.78, 5) is 39.2. The molecular weight excluding hydrogens is 543 g/mol. The average molecular weight is 574 g/mol. The number of amides is 2. The van der Waals surface area contributed by atoms with Gasteiger partial charge in [-0.2, -0.15) is 13.2 Å². The molecule has 1 spiro atoms. The summed E-state index contributed by atoms with van der Waals surface area (Å²) in [6.45, 7) is 3.80. The van der Waals surface area contributed by atoms with Crippen LogP contribution in [0.1, 0.15) is 29.0 Å². The molecule has 0 aliphatic carbocycles. The molecule has 6 rings (SSSR count). The van der Waals surface area contributed by atoms with Gasteiger partial charge < -0.3 is 24.5 Å². The Bertz CT molecular complexity index is 1430. The van der Waals surface area contributed by atoms with Crippen molar-refractivity contribution in [3.8, 4) is 5.75 Å². The number of carbonyl (C=O) groups excluding carboxylic acids is 2. The number of furan rings is 1. The molecule has 0 saturated carbocycles. The zero-order valence-corrected chi connectivity index (χ0v) is 22.3. The predicted molar refractivity (Wildman–Crippen MR) is 141 cm³/mol. The number of carbonyl (C=O) groups is 3. The fourth-order valence-electron chi connectivity index (χ4n) is 6.18. The lowest BCUT2D eigenvalue weighted by molar-refractivity contribution is -0.192. The van der Waals surface area contributed by atoms with Crippen molar-refractivity contribution in [2.45, 2.75) is 31.1 Å². The number of benzene rings is 2. The third-order valence-electron chi connectivity index (χ3n) is 8.19. The Morgan fingerprint density at radius 2 is 1.78 bits per heavy atom. The average Bonchev–Trinajstić information content (AvgIpc) is 3.64. The number of nitrogens with zero attached hydrogens (tertiary/aromatic N) is 2. The highest BCUT2D eigenvalue weighted by atomic mass is 19.4. The van der Waals surface area contributed by atoms with E-state index in [1.54, 1.807) is 13.2 Å². The summed E-state index contributed by atoms with van der Waals surface area (Å²) in [5.74, 6) is -1.41. The first-order valence-corrected chi connectivity index (χ1v) is 13.2. The molecular formula is C29H30F3N3O6. The fraction of sp³-hybridized carbons (Fsp3) is 0.414. The predicted octanol–water partition coefficient (Wildman–Crippen LogP) is 3.93. The molecule has 3 saturated heterocycles. The molecule has 3 fully saturated rings. The number of likely N-dealkylation sites (tertiary alicyclic amines) is 2. The van der Waals surface area contributed by atoms with Crippen molar-refractivity contribution in [1.82, 2.24) is 15.1 Å². The van der Waals surface area contributed by atoms with Crippen LogP contribution in [0.25, 0.3) is 11.0 Å². The summed E-state index contributed by atoms with van der Waals surface area (Å²) in [6.07, 6.45) is -3.54. The van der Waals surface area contributed by atoms with Gasteiger partial charge in [-0.25, -0.2) is 4.79 Å². The first-order chi connectivity index (χ1) is 19.5. The first-order valence-electron chi connectivity index (χ1n) is 13.2. The molecule has 1 aromatic heterocycles. The highest BCUT2D eigenvalue weighted by Crippen LogP contribution is 2.44. The molecule has 0 radical (unpaired) electrons. The number of methoxy groups -OCH3 is 1. The minimum atomic E-state index is -5.08. The van der Waals surface area contributed by atoms with E-state index in [0.29, 0.717) is 30.2 Å². The molecule has 41 heavy (non-hydrogen) atoms. The van der Waals surface area contributed by atoms with Crippen LogP contribution in [0.4, 0.5) is 13.2 Å². The summed E-state index contributed by atoms with van der Waals surface area (Å²) >= 11 is 0. The quantitative estimate of drug-likeness (QED) is 0.487. The molecule has 2 aromatic carbocycles. The summed E-state index contributed by atoms with van der Waals surface area (Å²) in [5, 5.41) is 11.3. The van der Waals surface area contributed by atoms with Gasteiger partial charge in [0.2, 0.25) is 5.91 Å². The Morgan fingerprint density at radius 1 is 1.10 bits per heavy atom. The number of hydrogen-bond donors (Lipinski definition) is 2. The second-order valence-electron chi connectivity index (χ2n) is 10.6. The second-order valence-corrected chi connectivity index (χ2v) is 10.6. The Morgan fingerprint density at radius 3 is 2.41 bits per heavy atom. The van der Waals surface area contributed by atoms with Crippen molar-refractivity contribution in [3.05, 3.63) is 65.9 Å². The minimum absolute atomic E-state index is 0.0359. The van der Waals surface area contributed by atoms with Gasteiger partial charge in [0.1, 0.15) is 0 Å². The van der Waals surface area contributed by atoms with Crippen molar-refractivity contribution in [1.29, 1.82) is 0 Å². The summed E-state index contributed by atoms with van der Waals surface area (Å²) in [7, 11) is 1.59. The number of fused-ring (bicyclic) bond motifs is 3. The number of piperidine rings is 1. The number of alkyl halides is 3. The number of hydrogen-bond acceptors (Lipinski definition) is 6. The van der Waals surface area contributed by atoms with E-state index in [0.717, 1.165) is 37.9 Å². The van der Waals surface area contributed by atoms with Crippen molar-refractivity contribution in [3.63, 3.8) is 0 Å². The molecule has 3 aromatic rings. The highest BCUT2D eigenvalue weighted by molar-refractivity contribution is 5.97. The van der Waals surface area contributed by atoms with Gasteiger partial charge in [-0.3, -0.25) is 14.5 Å². The maximum Gasteiger partial charge on any atom is 0.490 e. The number of aliphatic carboxylic acids is 1. The van der Waals surface area contributed by atoms with Crippen LogP contribution in [0.3, 0.4) is 0 Å².